The van der Waals surface area contributed by atoms with E-state index in [1.165, 1.54) is 6.26 Å². The maximum absolute atomic E-state index is 11.1. The number of sulfone groups is 1. The first-order valence-corrected chi connectivity index (χ1v) is 7.39. The van der Waals surface area contributed by atoms with Crippen molar-refractivity contribution in [2.45, 2.75) is 19.4 Å². The molecule has 1 unspecified atom stereocenters. The topological polar surface area (TPSA) is 64.0 Å². The summed E-state index contributed by atoms with van der Waals surface area (Å²) in [6.07, 6.45) is 3.56. The third-order valence-electron chi connectivity index (χ3n) is 2.44. The van der Waals surface area contributed by atoms with E-state index in [0.29, 0.717) is 6.42 Å². The molecular formula is C10H19N3O2S. The van der Waals surface area contributed by atoms with Crippen molar-refractivity contribution in [2.75, 3.05) is 18.6 Å². The fourth-order valence-electron chi connectivity index (χ4n) is 1.66. The summed E-state index contributed by atoms with van der Waals surface area (Å²) in [6, 6.07) is 1.96. The Bertz CT molecular complexity index is 425. The summed E-state index contributed by atoms with van der Waals surface area (Å²) in [7, 11) is -1.05. The number of hydrogen-bond acceptors (Lipinski definition) is 4. The highest BCUT2D eigenvalue weighted by atomic mass is 32.2. The van der Waals surface area contributed by atoms with Crippen LogP contribution in [0.25, 0.3) is 0 Å². The Morgan fingerprint density at radius 3 is 2.69 bits per heavy atom. The first-order valence-electron chi connectivity index (χ1n) is 5.33. The van der Waals surface area contributed by atoms with Gasteiger partial charge in [0.25, 0.3) is 0 Å². The summed E-state index contributed by atoms with van der Waals surface area (Å²) in [4.78, 5) is 0. The fraction of sp³-hybridized carbons (Fsp3) is 0.700. The number of rotatable bonds is 6. The quantitative estimate of drug-likeness (QED) is 0.793. The van der Waals surface area contributed by atoms with E-state index in [-0.39, 0.29) is 11.8 Å². The Morgan fingerprint density at radius 2 is 2.25 bits per heavy atom. The van der Waals surface area contributed by atoms with Crippen molar-refractivity contribution in [3.8, 4) is 0 Å². The van der Waals surface area contributed by atoms with Crippen molar-refractivity contribution < 1.29 is 8.42 Å². The van der Waals surface area contributed by atoms with Gasteiger partial charge in [0, 0.05) is 19.5 Å². The predicted octanol–water partition coefficient (Wildman–Crippen LogP) is 0.505. The average Bonchev–Trinajstić information content (AvgIpc) is 2.57. The molecule has 0 fully saturated rings. The van der Waals surface area contributed by atoms with Gasteiger partial charge in [-0.1, -0.05) is 6.92 Å². The first-order chi connectivity index (χ1) is 7.44. The smallest absolute Gasteiger partial charge is 0.147 e. The van der Waals surface area contributed by atoms with Crippen molar-refractivity contribution >= 4 is 9.84 Å². The summed E-state index contributed by atoms with van der Waals surface area (Å²) in [5, 5.41) is 7.36. The van der Waals surface area contributed by atoms with E-state index in [4.69, 9.17) is 0 Å². The molecule has 0 aromatic carbocycles. The Morgan fingerprint density at radius 1 is 1.56 bits per heavy atom. The highest BCUT2D eigenvalue weighted by Crippen LogP contribution is 2.16. The molecule has 1 N–H and O–H groups in total. The summed E-state index contributed by atoms with van der Waals surface area (Å²) < 4.78 is 24.1. The molecule has 1 rings (SSSR count). The molecule has 5 nitrogen and oxygen atoms in total. The lowest BCUT2D eigenvalue weighted by Gasteiger charge is -2.17. The molecule has 92 valence electrons. The van der Waals surface area contributed by atoms with Gasteiger partial charge in [-0.2, -0.15) is 5.10 Å². The second kappa shape index (κ2) is 5.45. The predicted molar refractivity (Wildman–Crippen MR) is 64.0 cm³/mol. The molecule has 0 aliphatic rings. The third-order valence-corrected chi connectivity index (χ3v) is 3.42. The van der Waals surface area contributed by atoms with Crippen LogP contribution in [-0.4, -0.2) is 36.8 Å². The standard InChI is InChI=1S/C10H19N3O2S/c1-4-11-9(6-8-16(3,14)15)10-5-7-12-13(10)2/h5,7,9,11H,4,6,8H2,1-3H3. The molecule has 6 heteroatoms. The van der Waals surface area contributed by atoms with E-state index < -0.39 is 9.84 Å². The third kappa shape index (κ3) is 3.94. The minimum atomic E-state index is -2.91. The lowest BCUT2D eigenvalue weighted by molar-refractivity contribution is 0.494. The zero-order valence-corrected chi connectivity index (χ0v) is 10.8. The molecule has 0 aliphatic carbocycles. The Hall–Kier alpha value is -0.880. The molecule has 1 aromatic heterocycles. The maximum Gasteiger partial charge on any atom is 0.147 e. The molecule has 16 heavy (non-hydrogen) atoms. The minimum Gasteiger partial charge on any atom is -0.309 e. The first kappa shape index (κ1) is 13.2. The maximum atomic E-state index is 11.1. The van der Waals surface area contributed by atoms with Crippen LogP contribution in [0, 0.1) is 0 Å². The largest absolute Gasteiger partial charge is 0.309 e. The van der Waals surface area contributed by atoms with Gasteiger partial charge < -0.3 is 5.32 Å². The molecule has 0 radical (unpaired) electrons. The van der Waals surface area contributed by atoms with Crippen molar-refractivity contribution in [3.05, 3.63) is 18.0 Å². The van der Waals surface area contributed by atoms with Gasteiger partial charge in [0.05, 0.1) is 17.5 Å². The van der Waals surface area contributed by atoms with Gasteiger partial charge in [-0.3, -0.25) is 4.68 Å². The van der Waals surface area contributed by atoms with E-state index >= 15 is 0 Å². The molecule has 1 heterocycles. The summed E-state index contributed by atoms with van der Waals surface area (Å²) in [6.45, 7) is 2.81. The van der Waals surface area contributed by atoms with E-state index in [0.717, 1.165) is 12.2 Å². The van der Waals surface area contributed by atoms with Gasteiger partial charge in [-0.05, 0) is 19.0 Å². The lowest BCUT2D eigenvalue weighted by atomic mass is 10.1. The summed E-state index contributed by atoms with van der Waals surface area (Å²) >= 11 is 0. The van der Waals surface area contributed by atoms with Crippen molar-refractivity contribution in [3.63, 3.8) is 0 Å². The highest BCUT2D eigenvalue weighted by molar-refractivity contribution is 7.90. The normalized spacial score (nSPS) is 13.9. The van der Waals surface area contributed by atoms with Crippen LogP contribution in [0.1, 0.15) is 25.1 Å². The molecule has 0 bridgehead atoms. The van der Waals surface area contributed by atoms with Crippen LogP contribution in [0.3, 0.4) is 0 Å². The van der Waals surface area contributed by atoms with Crippen LogP contribution in [0.15, 0.2) is 12.3 Å². The molecule has 0 saturated heterocycles. The Labute approximate surface area is 96.8 Å². The lowest BCUT2D eigenvalue weighted by Crippen LogP contribution is -2.25. The monoisotopic (exact) mass is 245 g/mol. The molecule has 0 aliphatic heterocycles. The van der Waals surface area contributed by atoms with E-state index in [2.05, 4.69) is 10.4 Å². The molecule has 1 atom stereocenters. The summed E-state index contributed by atoms with van der Waals surface area (Å²) in [5.41, 5.74) is 1.02. The number of nitrogens with zero attached hydrogens (tertiary/aromatic N) is 2. The number of aromatic nitrogens is 2. The van der Waals surface area contributed by atoms with Gasteiger partial charge in [-0.15, -0.1) is 0 Å². The van der Waals surface area contributed by atoms with E-state index in [1.54, 1.807) is 10.9 Å². The molecule has 0 spiro atoms. The van der Waals surface area contributed by atoms with Crippen LogP contribution in [0.4, 0.5) is 0 Å². The summed E-state index contributed by atoms with van der Waals surface area (Å²) in [5.74, 6) is 0.190. The SMILES string of the molecule is CCNC(CCS(C)(=O)=O)c1ccnn1C. The van der Waals surface area contributed by atoms with Crippen LogP contribution in [0.5, 0.6) is 0 Å². The van der Waals surface area contributed by atoms with Crippen LogP contribution >= 0.6 is 0 Å². The van der Waals surface area contributed by atoms with Gasteiger partial charge in [0.15, 0.2) is 0 Å². The van der Waals surface area contributed by atoms with Gasteiger partial charge in [0.2, 0.25) is 0 Å². The van der Waals surface area contributed by atoms with E-state index in [9.17, 15) is 8.42 Å². The fourth-order valence-corrected chi connectivity index (χ4v) is 2.32. The number of nitrogens with one attached hydrogen (secondary N) is 1. The molecule has 0 saturated carbocycles. The zero-order valence-electron chi connectivity index (χ0n) is 9.97. The Balaban J connectivity index is 2.72. The van der Waals surface area contributed by atoms with Crippen LogP contribution in [0.2, 0.25) is 0 Å². The van der Waals surface area contributed by atoms with E-state index in [1.807, 2.05) is 20.0 Å². The molecule has 1 aromatic rings. The van der Waals surface area contributed by atoms with Crippen LogP contribution in [-0.2, 0) is 16.9 Å². The van der Waals surface area contributed by atoms with Gasteiger partial charge in [-0.25, -0.2) is 8.42 Å². The minimum absolute atomic E-state index is 0.0484. The van der Waals surface area contributed by atoms with Gasteiger partial charge >= 0.3 is 0 Å². The zero-order chi connectivity index (χ0) is 12.2. The average molecular weight is 245 g/mol. The molecular weight excluding hydrogens is 226 g/mol. The van der Waals surface area contributed by atoms with Crippen molar-refractivity contribution in [1.82, 2.24) is 15.1 Å². The second-order valence-electron chi connectivity index (χ2n) is 3.91. The second-order valence-corrected chi connectivity index (χ2v) is 6.17. The molecule has 0 amide bonds. The highest BCUT2D eigenvalue weighted by Gasteiger charge is 2.16. The van der Waals surface area contributed by atoms with Gasteiger partial charge in [0.1, 0.15) is 9.84 Å². The Kier molecular flexibility index (Phi) is 4.49. The van der Waals surface area contributed by atoms with Crippen molar-refractivity contribution in [2.24, 2.45) is 7.05 Å². The number of hydrogen-bond donors (Lipinski definition) is 1. The number of aryl methyl sites for hydroxylation is 1. The van der Waals surface area contributed by atoms with Crippen molar-refractivity contribution in [1.29, 1.82) is 0 Å². The van der Waals surface area contributed by atoms with Crippen LogP contribution < -0.4 is 5.32 Å².